The molecular formula is C31H32F3N3O8S. The molecule has 15 heteroatoms. The first-order chi connectivity index (χ1) is 22.1. The summed E-state index contributed by atoms with van der Waals surface area (Å²) in [6.45, 7) is 0.195. The molecule has 0 bridgehead atoms. The van der Waals surface area contributed by atoms with Crippen LogP contribution >= 0.6 is 11.8 Å². The molecular weight excluding hydrogens is 631 g/mol. The fourth-order valence-electron chi connectivity index (χ4n) is 5.18. The van der Waals surface area contributed by atoms with Crippen molar-refractivity contribution in [2.45, 2.75) is 35.8 Å². The first kappa shape index (κ1) is 33.2. The lowest BCUT2D eigenvalue weighted by molar-refractivity contribution is -0.173. The van der Waals surface area contributed by atoms with E-state index in [1.54, 1.807) is 16.8 Å². The van der Waals surface area contributed by atoms with E-state index in [2.05, 4.69) is 0 Å². The molecule has 0 saturated carbocycles. The maximum Gasteiger partial charge on any atom is 0.511 e. The Hall–Kier alpha value is -4.21. The lowest BCUT2D eigenvalue weighted by Crippen LogP contribution is -2.60. The number of carbonyl (C=O) groups excluding carboxylic acids is 2. The Bertz CT molecular complexity index is 1570. The Balaban J connectivity index is 1.50. The number of thioether (sulfide) groups is 1. The molecule has 5 rings (SSSR count). The van der Waals surface area contributed by atoms with E-state index < -0.39 is 60.7 Å². The van der Waals surface area contributed by atoms with E-state index in [-0.39, 0.29) is 13.2 Å². The number of benzene rings is 2. The van der Waals surface area contributed by atoms with E-state index in [0.29, 0.717) is 23.9 Å². The van der Waals surface area contributed by atoms with E-state index in [4.69, 9.17) is 23.7 Å². The summed E-state index contributed by atoms with van der Waals surface area (Å²) in [7, 11) is 1.51. The lowest BCUT2D eigenvalue weighted by Gasteiger charge is -2.46. The summed E-state index contributed by atoms with van der Waals surface area (Å²) in [5.41, 5.74) is 1.39. The average molecular weight is 664 g/mol. The summed E-state index contributed by atoms with van der Waals surface area (Å²) < 4.78 is 69.1. The Kier molecular flexibility index (Phi) is 10.4. The van der Waals surface area contributed by atoms with Crippen molar-refractivity contribution in [3.63, 3.8) is 0 Å². The van der Waals surface area contributed by atoms with Gasteiger partial charge in [0.2, 0.25) is 18.0 Å². The van der Waals surface area contributed by atoms with Crippen LogP contribution in [0.2, 0.25) is 0 Å². The van der Waals surface area contributed by atoms with Gasteiger partial charge in [-0.15, -0.1) is 11.8 Å². The van der Waals surface area contributed by atoms with Crippen LogP contribution in [-0.4, -0.2) is 80.9 Å². The number of carbonyl (C=O) groups is 2. The number of pyridine rings is 1. The van der Waals surface area contributed by atoms with Crippen LogP contribution in [0.5, 0.6) is 5.75 Å². The number of hydrogen-bond acceptors (Lipinski definition) is 10. The third-order valence-electron chi connectivity index (χ3n) is 7.52. The molecule has 0 N–H and O–H groups in total. The molecule has 246 valence electrons. The van der Waals surface area contributed by atoms with Crippen molar-refractivity contribution in [3.05, 3.63) is 93.4 Å². The van der Waals surface area contributed by atoms with Crippen LogP contribution in [0.25, 0.3) is 0 Å². The minimum absolute atomic E-state index is 0.0797. The molecule has 0 saturated heterocycles. The number of nitrogens with zero attached hydrogens (tertiary/aromatic N) is 3. The van der Waals surface area contributed by atoms with Gasteiger partial charge in [-0.2, -0.15) is 13.2 Å². The number of rotatable bonds is 11. The highest BCUT2D eigenvalue weighted by molar-refractivity contribution is 7.98. The van der Waals surface area contributed by atoms with Gasteiger partial charge in [0.1, 0.15) is 19.3 Å². The zero-order chi connectivity index (χ0) is 32.8. The van der Waals surface area contributed by atoms with Gasteiger partial charge in [0.05, 0.1) is 25.9 Å². The Labute approximate surface area is 266 Å². The van der Waals surface area contributed by atoms with Crippen molar-refractivity contribution in [3.8, 4) is 5.75 Å². The molecule has 3 aromatic rings. The van der Waals surface area contributed by atoms with Crippen LogP contribution in [0.3, 0.4) is 0 Å². The number of amides is 1. The van der Waals surface area contributed by atoms with Crippen molar-refractivity contribution in [1.29, 1.82) is 0 Å². The topological polar surface area (TPSA) is 109 Å². The third-order valence-corrected chi connectivity index (χ3v) is 8.66. The first-order valence-electron chi connectivity index (χ1n) is 14.3. The summed E-state index contributed by atoms with van der Waals surface area (Å²) in [5, 5.41) is 1.60. The number of ether oxygens (including phenoxy) is 5. The molecule has 0 aliphatic carbocycles. The molecule has 2 atom stereocenters. The van der Waals surface area contributed by atoms with Crippen LogP contribution in [0.1, 0.15) is 40.1 Å². The SMILES string of the molecule is COCCOCCOC(=O)OCOc1c2n(ccc1=O)N([C@H]1c3ccccc3CSc3ccccc31)CN([C@H](C)C(F)(F)F)C2=O. The molecule has 1 aromatic heterocycles. The van der Waals surface area contributed by atoms with Crippen LogP contribution in [0.15, 0.2) is 70.5 Å². The number of halogens is 3. The summed E-state index contributed by atoms with van der Waals surface area (Å²) in [6.07, 6.45) is -4.57. The first-order valence-corrected chi connectivity index (χ1v) is 15.3. The number of methoxy groups -OCH3 is 1. The van der Waals surface area contributed by atoms with Gasteiger partial charge in [-0.3, -0.25) is 19.3 Å². The van der Waals surface area contributed by atoms with Crippen molar-refractivity contribution < 1.29 is 46.4 Å². The van der Waals surface area contributed by atoms with Crippen molar-refractivity contribution in [2.24, 2.45) is 0 Å². The fraction of sp³-hybridized carbons (Fsp3) is 0.387. The maximum atomic E-state index is 14.2. The fourth-order valence-corrected chi connectivity index (χ4v) is 6.28. The molecule has 1 amide bonds. The van der Waals surface area contributed by atoms with E-state index in [1.807, 2.05) is 48.5 Å². The van der Waals surface area contributed by atoms with Gasteiger partial charge >= 0.3 is 12.3 Å². The second kappa shape index (κ2) is 14.5. The maximum absolute atomic E-state index is 14.2. The number of fused-ring (bicyclic) bond motifs is 3. The Morgan fingerprint density at radius 3 is 2.46 bits per heavy atom. The number of aromatic nitrogens is 1. The summed E-state index contributed by atoms with van der Waals surface area (Å²) >= 11 is 1.60. The highest BCUT2D eigenvalue weighted by Crippen LogP contribution is 2.43. The molecule has 2 aliphatic heterocycles. The zero-order valence-electron chi connectivity index (χ0n) is 25.0. The standard InChI is InChI=1S/C31H32F3N3O8S/c1-20(31(32,33)34)35-18-37(26-22-8-4-3-7-21(22)17-46-25-10-6-5-9-23(25)26)36-12-11-24(38)28(27(36)29(35)39)44-19-45-30(40)43-16-15-42-14-13-41-2/h3-12,20,26H,13-19H2,1-2H3/t20-,26+/m1/s1. The van der Waals surface area contributed by atoms with Crippen LogP contribution in [0.4, 0.5) is 18.0 Å². The van der Waals surface area contributed by atoms with Gasteiger partial charge in [0.25, 0.3) is 5.91 Å². The molecule has 11 nitrogen and oxygen atoms in total. The molecule has 0 fully saturated rings. The molecule has 46 heavy (non-hydrogen) atoms. The van der Waals surface area contributed by atoms with Crippen LogP contribution in [0, 0.1) is 0 Å². The van der Waals surface area contributed by atoms with Crippen molar-refractivity contribution in [2.75, 3.05) is 52.0 Å². The van der Waals surface area contributed by atoms with Crippen LogP contribution < -0.4 is 15.2 Å². The van der Waals surface area contributed by atoms with Gasteiger partial charge < -0.3 is 28.6 Å². The number of hydrogen-bond donors (Lipinski definition) is 0. The molecule has 2 aliphatic rings. The minimum atomic E-state index is -4.77. The molecule has 0 spiro atoms. The zero-order valence-corrected chi connectivity index (χ0v) is 25.8. The molecule has 2 aromatic carbocycles. The molecule has 3 heterocycles. The average Bonchev–Trinajstić information content (AvgIpc) is 3.20. The smallest absolute Gasteiger partial charge is 0.451 e. The number of alkyl halides is 3. The van der Waals surface area contributed by atoms with Gasteiger partial charge in [0.15, 0.2) is 5.69 Å². The lowest BCUT2D eigenvalue weighted by atomic mass is 9.94. The highest BCUT2D eigenvalue weighted by atomic mass is 32.2. The van der Waals surface area contributed by atoms with Crippen molar-refractivity contribution >= 4 is 23.8 Å². The summed E-state index contributed by atoms with van der Waals surface area (Å²) in [4.78, 5) is 40.5. The molecule has 0 radical (unpaired) electrons. The summed E-state index contributed by atoms with van der Waals surface area (Å²) in [6, 6.07) is 13.4. The van der Waals surface area contributed by atoms with Gasteiger partial charge in [-0.25, -0.2) is 4.79 Å². The predicted molar refractivity (Wildman–Crippen MR) is 160 cm³/mol. The third kappa shape index (κ3) is 7.11. The van der Waals surface area contributed by atoms with Gasteiger partial charge in [0, 0.05) is 30.0 Å². The highest BCUT2D eigenvalue weighted by Gasteiger charge is 2.47. The van der Waals surface area contributed by atoms with Gasteiger partial charge in [-0.05, 0) is 29.7 Å². The second-order valence-corrected chi connectivity index (χ2v) is 11.3. The van der Waals surface area contributed by atoms with Crippen LogP contribution in [-0.2, 0) is 24.7 Å². The van der Waals surface area contributed by atoms with E-state index >= 15 is 0 Å². The Morgan fingerprint density at radius 2 is 1.70 bits per heavy atom. The Morgan fingerprint density at radius 1 is 0.978 bits per heavy atom. The predicted octanol–water partition coefficient (Wildman–Crippen LogP) is 4.70. The minimum Gasteiger partial charge on any atom is -0.451 e. The van der Waals surface area contributed by atoms with Gasteiger partial charge in [-0.1, -0.05) is 42.5 Å². The quantitative estimate of drug-likeness (QED) is 0.163. The summed E-state index contributed by atoms with van der Waals surface area (Å²) in [5.74, 6) is -1.03. The van der Waals surface area contributed by atoms with Crippen molar-refractivity contribution in [1.82, 2.24) is 9.58 Å². The second-order valence-electron chi connectivity index (χ2n) is 10.3. The van der Waals surface area contributed by atoms with E-state index in [9.17, 15) is 27.6 Å². The molecule has 0 unspecified atom stereocenters. The normalized spacial score (nSPS) is 16.5. The van der Waals surface area contributed by atoms with E-state index in [0.717, 1.165) is 34.6 Å². The van der Waals surface area contributed by atoms with E-state index in [1.165, 1.54) is 18.0 Å². The largest absolute Gasteiger partial charge is 0.511 e. The monoisotopic (exact) mass is 663 g/mol.